The molecule has 1 aromatic heterocycles. The van der Waals surface area contributed by atoms with Gasteiger partial charge in [-0.3, -0.25) is 4.79 Å². The molecule has 0 aliphatic heterocycles. The van der Waals surface area contributed by atoms with Crippen molar-refractivity contribution in [1.82, 2.24) is 25.5 Å². The van der Waals surface area contributed by atoms with Crippen LogP contribution in [0.2, 0.25) is 0 Å². The molecule has 1 aromatic rings. The summed E-state index contributed by atoms with van der Waals surface area (Å²) in [5.74, 6) is -0.0713. The predicted molar refractivity (Wildman–Crippen MR) is 87.1 cm³/mol. The first kappa shape index (κ1) is 16.7. The number of nitrogens with zero attached hydrogens (tertiary/aromatic N) is 4. The Balaban J connectivity index is 1.50. The highest BCUT2D eigenvalue weighted by molar-refractivity contribution is 8.00. The van der Waals surface area contributed by atoms with Gasteiger partial charge in [-0.05, 0) is 43.0 Å². The molecule has 1 unspecified atom stereocenters. The van der Waals surface area contributed by atoms with Gasteiger partial charge in [0, 0.05) is 6.54 Å². The second-order valence-corrected chi connectivity index (χ2v) is 8.06. The van der Waals surface area contributed by atoms with E-state index in [1.165, 1.54) is 24.6 Å². The van der Waals surface area contributed by atoms with Crippen molar-refractivity contribution in [2.75, 3.05) is 6.54 Å². The van der Waals surface area contributed by atoms with Crippen molar-refractivity contribution >= 4 is 17.7 Å². The maximum Gasteiger partial charge on any atom is 0.233 e. The lowest BCUT2D eigenvalue weighted by Crippen LogP contribution is -2.44. The first-order valence-electron chi connectivity index (χ1n) is 8.52. The van der Waals surface area contributed by atoms with E-state index in [1.807, 2.05) is 11.6 Å². The van der Waals surface area contributed by atoms with Gasteiger partial charge in [0.25, 0.3) is 0 Å². The fourth-order valence-electron chi connectivity index (χ4n) is 2.98. The summed E-state index contributed by atoms with van der Waals surface area (Å²) in [6, 6.07) is 0.398. The summed E-state index contributed by atoms with van der Waals surface area (Å²) in [6.07, 6.45) is 8.17. The van der Waals surface area contributed by atoms with Gasteiger partial charge in [0.15, 0.2) is 0 Å². The number of carbonyl (C=O) groups excluding carboxylic acids is 1. The van der Waals surface area contributed by atoms with E-state index >= 15 is 0 Å². The zero-order valence-electron chi connectivity index (χ0n) is 13.6. The van der Waals surface area contributed by atoms with Crippen LogP contribution >= 0.6 is 11.8 Å². The van der Waals surface area contributed by atoms with E-state index < -0.39 is 5.60 Å². The molecule has 8 heteroatoms. The predicted octanol–water partition coefficient (Wildman–Crippen LogP) is 1.69. The van der Waals surface area contributed by atoms with E-state index in [1.54, 1.807) is 0 Å². The Morgan fingerprint density at radius 1 is 1.39 bits per heavy atom. The van der Waals surface area contributed by atoms with Gasteiger partial charge in [0.1, 0.15) is 0 Å². The van der Waals surface area contributed by atoms with Gasteiger partial charge < -0.3 is 10.4 Å². The molecule has 2 aliphatic rings. The molecule has 3 rings (SSSR count). The molecule has 0 bridgehead atoms. The highest BCUT2D eigenvalue weighted by Crippen LogP contribution is 2.37. The molecule has 2 aliphatic carbocycles. The molecule has 1 amide bonds. The lowest BCUT2D eigenvalue weighted by molar-refractivity contribution is -0.121. The Hall–Kier alpha value is -1.15. The number of carbonyl (C=O) groups is 1. The number of tetrazole rings is 1. The van der Waals surface area contributed by atoms with Crippen molar-refractivity contribution in [3.05, 3.63) is 0 Å². The Kier molecular flexibility index (Phi) is 5.21. The van der Waals surface area contributed by atoms with Crippen LogP contribution in [0.15, 0.2) is 5.16 Å². The van der Waals surface area contributed by atoms with Crippen LogP contribution in [0.5, 0.6) is 0 Å². The number of hydrogen-bond donors (Lipinski definition) is 2. The average molecular weight is 339 g/mol. The molecule has 0 aromatic carbocycles. The lowest BCUT2D eigenvalue weighted by atomic mass is 9.94. The monoisotopic (exact) mass is 339 g/mol. The van der Waals surface area contributed by atoms with Crippen LogP contribution in [0.1, 0.15) is 64.3 Å². The number of nitrogens with one attached hydrogen (secondary N) is 1. The Bertz CT molecular complexity index is 538. The van der Waals surface area contributed by atoms with E-state index in [-0.39, 0.29) is 11.2 Å². The molecule has 2 saturated carbocycles. The number of amides is 1. The van der Waals surface area contributed by atoms with Gasteiger partial charge in [0.05, 0.1) is 16.9 Å². The number of thioether (sulfide) groups is 1. The van der Waals surface area contributed by atoms with Crippen molar-refractivity contribution in [3.63, 3.8) is 0 Å². The minimum atomic E-state index is -0.744. The highest BCUT2D eigenvalue weighted by atomic mass is 32.2. The lowest BCUT2D eigenvalue weighted by Gasteiger charge is -2.27. The molecule has 7 nitrogen and oxygen atoms in total. The van der Waals surface area contributed by atoms with Crippen molar-refractivity contribution in [2.24, 2.45) is 0 Å². The Morgan fingerprint density at radius 2 is 2.09 bits per heavy atom. The van der Waals surface area contributed by atoms with Crippen molar-refractivity contribution < 1.29 is 9.90 Å². The van der Waals surface area contributed by atoms with Gasteiger partial charge in [-0.25, -0.2) is 4.68 Å². The van der Waals surface area contributed by atoms with E-state index in [0.29, 0.717) is 17.7 Å². The third-order valence-corrected chi connectivity index (χ3v) is 5.68. The summed E-state index contributed by atoms with van der Waals surface area (Å²) in [4.78, 5) is 12.3. The molecule has 2 fully saturated rings. The molecule has 128 valence electrons. The van der Waals surface area contributed by atoms with Crippen LogP contribution in [0.25, 0.3) is 0 Å². The summed E-state index contributed by atoms with van der Waals surface area (Å²) in [6.45, 7) is 2.19. The zero-order valence-corrected chi connectivity index (χ0v) is 14.4. The van der Waals surface area contributed by atoms with Crippen LogP contribution in [-0.2, 0) is 4.79 Å². The minimum absolute atomic E-state index is 0.0713. The van der Waals surface area contributed by atoms with E-state index in [9.17, 15) is 9.90 Å². The number of hydrogen-bond acceptors (Lipinski definition) is 6. The Labute approximate surface area is 140 Å². The second kappa shape index (κ2) is 7.17. The number of aliphatic hydroxyl groups is 1. The molecule has 23 heavy (non-hydrogen) atoms. The summed E-state index contributed by atoms with van der Waals surface area (Å²) in [5, 5.41) is 25.6. The number of rotatable bonds is 6. The highest BCUT2D eigenvalue weighted by Gasteiger charge is 2.31. The zero-order chi connectivity index (χ0) is 16.3. The maximum atomic E-state index is 12.3. The van der Waals surface area contributed by atoms with Crippen LogP contribution < -0.4 is 5.32 Å². The van der Waals surface area contributed by atoms with E-state index in [0.717, 1.165) is 38.5 Å². The molecule has 0 radical (unpaired) electrons. The van der Waals surface area contributed by atoms with Gasteiger partial charge in [-0.15, -0.1) is 5.10 Å². The summed E-state index contributed by atoms with van der Waals surface area (Å²) in [5.41, 5.74) is -0.744. The third-order valence-electron chi connectivity index (χ3n) is 4.63. The first-order chi connectivity index (χ1) is 11.1. The van der Waals surface area contributed by atoms with E-state index in [4.69, 9.17) is 0 Å². The minimum Gasteiger partial charge on any atom is -0.388 e. The molecule has 0 spiro atoms. The first-order valence-corrected chi connectivity index (χ1v) is 9.40. The average Bonchev–Trinajstić information content (AvgIpc) is 3.31. The molecular weight excluding hydrogens is 314 g/mol. The molecule has 0 saturated heterocycles. The van der Waals surface area contributed by atoms with Gasteiger partial charge in [0.2, 0.25) is 11.1 Å². The smallest absolute Gasteiger partial charge is 0.233 e. The van der Waals surface area contributed by atoms with Gasteiger partial charge >= 0.3 is 0 Å². The topological polar surface area (TPSA) is 92.9 Å². The second-order valence-electron chi connectivity index (χ2n) is 6.75. The SMILES string of the molecule is CC(Sc1nnnn1C1CC1)C(=O)NCC1(O)CCCCCC1. The van der Waals surface area contributed by atoms with Gasteiger partial charge in [-0.2, -0.15) is 0 Å². The molecular formula is C15H25N5O2S. The standard InChI is InChI=1S/C15H25N5O2S/c1-11(23-14-17-18-19-20(14)12-6-7-12)13(21)16-10-15(22)8-4-2-3-5-9-15/h11-12,22H,2-10H2,1H3,(H,16,21). The van der Waals surface area contributed by atoms with Gasteiger partial charge in [-0.1, -0.05) is 37.4 Å². The van der Waals surface area contributed by atoms with Crippen LogP contribution in [-0.4, -0.2) is 48.6 Å². The quantitative estimate of drug-likeness (QED) is 0.605. The van der Waals surface area contributed by atoms with Crippen molar-refractivity contribution in [2.45, 2.75) is 80.3 Å². The number of aromatic nitrogens is 4. The largest absolute Gasteiger partial charge is 0.388 e. The molecule has 1 atom stereocenters. The van der Waals surface area contributed by atoms with Crippen LogP contribution in [0.3, 0.4) is 0 Å². The fourth-order valence-corrected chi connectivity index (χ4v) is 3.87. The fraction of sp³-hybridized carbons (Fsp3) is 0.867. The maximum absolute atomic E-state index is 12.3. The van der Waals surface area contributed by atoms with Crippen LogP contribution in [0, 0.1) is 0 Å². The van der Waals surface area contributed by atoms with E-state index in [2.05, 4.69) is 20.8 Å². The molecule has 1 heterocycles. The van der Waals surface area contributed by atoms with Crippen molar-refractivity contribution in [1.29, 1.82) is 0 Å². The van der Waals surface area contributed by atoms with Crippen molar-refractivity contribution in [3.8, 4) is 0 Å². The summed E-state index contributed by atoms with van der Waals surface area (Å²) >= 11 is 1.38. The summed E-state index contributed by atoms with van der Waals surface area (Å²) < 4.78 is 1.81. The Morgan fingerprint density at radius 3 is 2.74 bits per heavy atom. The third kappa shape index (κ3) is 4.44. The molecule has 2 N–H and O–H groups in total. The van der Waals surface area contributed by atoms with Crippen LogP contribution in [0.4, 0.5) is 0 Å². The normalized spacial score (nSPS) is 22.3. The summed E-state index contributed by atoms with van der Waals surface area (Å²) in [7, 11) is 0.